The van der Waals surface area contributed by atoms with Gasteiger partial charge in [0.05, 0.1) is 6.10 Å². The minimum atomic E-state index is -2.51. The highest BCUT2D eigenvalue weighted by molar-refractivity contribution is 7.72. The van der Waals surface area contributed by atoms with E-state index >= 15 is 0 Å². The van der Waals surface area contributed by atoms with Crippen LogP contribution in [0, 0.1) is 0 Å². The quantitative estimate of drug-likeness (QED) is 0.784. The van der Waals surface area contributed by atoms with E-state index in [4.69, 9.17) is 11.6 Å². The third-order valence-electron chi connectivity index (χ3n) is 2.89. The molecule has 1 N–H and O–H groups in total. The average molecular weight is 257 g/mol. The Morgan fingerprint density at radius 2 is 2.00 bits per heavy atom. The Labute approximate surface area is 100 Å². The molecule has 2 atom stereocenters. The first-order chi connectivity index (χ1) is 7.53. The largest absolute Gasteiger partial charge is 0.387 e. The third kappa shape index (κ3) is 2.10. The Morgan fingerprint density at radius 3 is 2.56 bits per heavy atom. The topological polar surface area (TPSA) is 37.3 Å². The van der Waals surface area contributed by atoms with Gasteiger partial charge in [-0.15, -0.1) is 0 Å². The minimum absolute atomic E-state index is 0.257. The second kappa shape index (κ2) is 4.37. The first kappa shape index (κ1) is 11.9. The van der Waals surface area contributed by atoms with Gasteiger partial charge in [0.1, 0.15) is 7.14 Å². The first-order valence-electron chi connectivity index (χ1n) is 5.20. The summed E-state index contributed by atoms with van der Waals surface area (Å²) in [5.41, 5.74) is 0.840. The van der Waals surface area contributed by atoms with Crippen LogP contribution in [0.5, 0.6) is 0 Å². The number of rotatable bonds is 1. The van der Waals surface area contributed by atoms with Crippen molar-refractivity contribution in [2.24, 2.45) is 0 Å². The molecule has 0 saturated heterocycles. The van der Waals surface area contributed by atoms with Gasteiger partial charge in [-0.05, 0) is 12.5 Å². The van der Waals surface area contributed by atoms with Crippen molar-refractivity contribution < 1.29 is 9.67 Å². The van der Waals surface area contributed by atoms with Gasteiger partial charge in [-0.25, -0.2) is 0 Å². The fraction of sp³-hybridized carbons (Fsp3) is 0.333. The highest BCUT2D eigenvalue weighted by Gasteiger charge is 2.34. The van der Waals surface area contributed by atoms with Crippen molar-refractivity contribution in [2.45, 2.75) is 13.0 Å². The summed E-state index contributed by atoms with van der Waals surface area (Å²) in [6, 6.07) is 9.36. The van der Waals surface area contributed by atoms with Crippen molar-refractivity contribution >= 4 is 24.0 Å². The van der Waals surface area contributed by atoms with Crippen LogP contribution in [0.2, 0.25) is 0 Å². The van der Waals surface area contributed by atoms with E-state index in [2.05, 4.69) is 0 Å². The molecule has 1 heterocycles. The van der Waals surface area contributed by atoms with Gasteiger partial charge < -0.3 is 9.67 Å². The van der Waals surface area contributed by atoms with Gasteiger partial charge in [-0.1, -0.05) is 41.9 Å². The van der Waals surface area contributed by atoms with Crippen LogP contribution < -0.4 is 5.30 Å². The van der Waals surface area contributed by atoms with E-state index in [1.165, 1.54) is 0 Å². The smallest absolute Gasteiger partial charge is 0.122 e. The maximum Gasteiger partial charge on any atom is 0.122 e. The van der Waals surface area contributed by atoms with Crippen LogP contribution >= 0.6 is 18.7 Å². The fourth-order valence-corrected chi connectivity index (χ4v) is 5.32. The molecule has 2 rings (SSSR count). The number of hydrogen-bond acceptors (Lipinski definition) is 2. The van der Waals surface area contributed by atoms with Crippen LogP contribution in [0.15, 0.2) is 40.9 Å². The molecular weight excluding hydrogens is 243 g/mol. The zero-order valence-electron chi connectivity index (χ0n) is 9.06. The summed E-state index contributed by atoms with van der Waals surface area (Å²) in [5, 5.41) is 11.1. The molecule has 0 amide bonds. The third-order valence-corrected chi connectivity index (χ3v) is 6.62. The van der Waals surface area contributed by atoms with Crippen LogP contribution in [0.25, 0.3) is 0 Å². The zero-order chi connectivity index (χ0) is 11.8. The summed E-state index contributed by atoms with van der Waals surface area (Å²) < 4.78 is 12.7. The van der Waals surface area contributed by atoms with Crippen molar-refractivity contribution in [3.63, 3.8) is 0 Å². The normalized spacial score (nSPS) is 30.6. The van der Waals surface area contributed by atoms with Crippen LogP contribution in [-0.2, 0) is 4.57 Å². The fourth-order valence-electron chi connectivity index (χ4n) is 2.06. The first-order valence-corrected chi connectivity index (χ1v) is 7.65. The predicted molar refractivity (Wildman–Crippen MR) is 68.0 cm³/mol. The molecule has 0 aliphatic carbocycles. The lowest BCUT2D eigenvalue weighted by Gasteiger charge is -2.28. The summed E-state index contributed by atoms with van der Waals surface area (Å²) in [6.45, 7) is 1.83. The summed E-state index contributed by atoms with van der Waals surface area (Å²) in [7, 11) is -2.51. The van der Waals surface area contributed by atoms with E-state index in [-0.39, 0.29) is 6.16 Å². The van der Waals surface area contributed by atoms with Crippen LogP contribution in [-0.4, -0.2) is 23.5 Å². The molecule has 2 unspecified atom stereocenters. The Bertz CT molecular complexity index is 467. The van der Waals surface area contributed by atoms with E-state index in [0.717, 1.165) is 10.9 Å². The number of hydrogen-bond donors (Lipinski definition) is 1. The highest BCUT2D eigenvalue weighted by atomic mass is 35.5. The SMILES string of the molecule is CC1=C(Cl)C(O)CP(=O)(c2ccccc2)C1. The van der Waals surface area contributed by atoms with Crippen LogP contribution in [0.3, 0.4) is 0 Å². The lowest BCUT2D eigenvalue weighted by molar-refractivity contribution is 0.239. The van der Waals surface area contributed by atoms with Crippen molar-refractivity contribution in [1.82, 2.24) is 0 Å². The van der Waals surface area contributed by atoms with Gasteiger partial charge in [-0.3, -0.25) is 0 Å². The van der Waals surface area contributed by atoms with Gasteiger partial charge in [0.15, 0.2) is 0 Å². The van der Waals surface area contributed by atoms with Crippen molar-refractivity contribution in [2.75, 3.05) is 12.3 Å². The van der Waals surface area contributed by atoms with Crippen molar-refractivity contribution in [3.8, 4) is 0 Å². The van der Waals surface area contributed by atoms with Crippen molar-refractivity contribution in [3.05, 3.63) is 40.9 Å². The molecular formula is C12H14ClO2P. The molecule has 16 heavy (non-hydrogen) atoms. The maximum atomic E-state index is 12.7. The van der Waals surface area contributed by atoms with Crippen LogP contribution in [0.4, 0.5) is 0 Å². The molecule has 0 fully saturated rings. The van der Waals surface area contributed by atoms with Gasteiger partial charge in [0.25, 0.3) is 0 Å². The Kier molecular flexibility index (Phi) is 3.25. The number of aliphatic hydroxyl groups is 1. The number of halogens is 1. The summed E-state index contributed by atoms with van der Waals surface area (Å²) in [5.74, 6) is 0. The van der Waals surface area contributed by atoms with E-state index in [1.807, 2.05) is 37.3 Å². The number of allylic oxidation sites excluding steroid dienone is 1. The van der Waals surface area contributed by atoms with E-state index in [1.54, 1.807) is 0 Å². The molecule has 1 aromatic rings. The summed E-state index contributed by atoms with van der Waals surface area (Å²) in [6.07, 6.45) is -0.0402. The minimum Gasteiger partial charge on any atom is -0.387 e. The lowest BCUT2D eigenvalue weighted by atomic mass is 10.2. The summed E-state index contributed by atoms with van der Waals surface area (Å²) >= 11 is 5.94. The highest BCUT2D eigenvalue weighted by Crippen LogP contribution is 2.51. The van der Waals surface area contributed by atoms with Crippen molar-refractivity contribution in [1.29, 1.82) is 0 Å². The van der Waals surface area contributed by atoms with E-state index < -0.39 is 13.2 Å². The molecule has 0 saturated carbocycles. The molecule has 0 radical (unpaired) electrons. The van der Waals surface area contributed by atoms with Gasteiger partial charge in [0.2, 0.25) is 0 Å². The standard InChI is InChI=1S/C12H14ClO2P/c1-9-7-16(15,8-11(14)12(9)13)10-5-3-2-4-6-10/h2-6,11,14H,7-8H2,1H3. The molecule has 0 aromatic heterocycles. The predicted octanol–water partition coefficient (Wildman–Crippen LogP) is 2.56. The molecule has 2 nitrogen and oxygen atoms in total. The van der Waals surface area contributed by atoms with Gasteiger partial charge in [-0.2, -0.15) is 0 Å². The molecule has 0 bridgehead atoms. The van der Waals surface area contributed by atoms with Crippen LogP contribution in [0.1, 0.15) is 6.92 Å². The molecule has 4 heteroatoms. The molecule has 1 aliphatic heterocycles. The Morgan fingerprint density at radius 1 is 1.38 bits per heavy atom. The molecule has 0 spiro atoms. The molecule has 1 aromatic carbocycles. The lowest BCUT2D eigenvalue weighted by Crippen LogP contribution is -2.26. The second-order valence-corrected chi connectivity index (χ2v) is 7.59. The number of aliphatic hydroxyl groups excluding tert-OH is 1. The van der Waals surface area contributed by atoms with Gasteiger partial charge in [0, 0.05) is 22.7 Å². The Balaban J connectivity index is 2.40. The molecule has 1 aliphatic rings. The van der Waals surface area contributed by atoms with E-state index in [0.29, 0.717) is 11.2 Å². The second-order valence-electron chi connectivity index (χ2n) is 4.21. The Hall–Kier alpha value is -0.560. The summed E-state index contributed by atoms with van der Waals surface area (Å²) in [4.78, 5) is 0. The zero-order valence-corrected chi connectivity index (χ0v) is 10.7. The number of benzene rings is 1. The van der Waals surface area contributed by atoms with E-state index in [9.17, 15) is 9.67 Å². The average Bonchev–Trinajstić information content (AvgIpc) is 2.27. The molecule has 86 valence electrons. The maximum absolute atomic E-state index is 12.7. The van der Waals surface area contributed by atoms with Gasteiger partial charge >= 0.3 is 0 Å². The monoisotopic (exact) mass is 256 g/mol.